The van der Waals surface area contributed by atoms with Gasteiger partial charge in [0.2, 0.25) is 0 Å². The Labute approximate surface area is 157 Å². The summed E-state index contributed by atoms with van der Waals surface area (Å²) in [5, 5.41) is 7.91. The van der Waals surface area contributed by atoms with E-state index in [4.69, 9.17) is 5.26 Å². The van der Waals surface area contributed by atoms with Crippen LogP contribution in [-0.2, 0) is 9.53 Å². The third-order valence-electron chi connectivity index (χ3n) is 4.47. The van der Waals surface area contributed by atoms with Gasteiger partial charge in [-0.25, -0.2) is 0 Å². The summed E-state index contributed by atoms with van der Waals surface area (Å²) in [6.07, 6.45) is 10.9. The van der Waals surface area contributed by atoms with Crippen LogP contribution in [0.25, 0.3) is 0 Å². The van der Waals surface area contributed by atoms with E-state index in [0.717, 1.165) is 0 Å². The fraction of sp³-hybridized carbons (Fsp3) is 0.905. The van der Waals surface area contributed by atoms with Gasteiger partial charge >= 0.3 is 5.97 Å². The second-order valence-corrected chi connectivity index (χ2v) is 6.79. The Hall–Kier alpha value is -1.08. The van der Waals surface area contributed by atoms with Gasteiger partial charge in [0.25, 0.3) is 0 Å². The number of quaternary nitrogens is 1. The first kappa shape index (κ1) is 26.2. The molecule has 0 aromatic carbocycles. The van der Waals surface area contributed by atoms with Crippen LogP contribution >= 0.6 is 0 Å². The van der Waals surface area contributed by atoms with Gasteiger partial charge in [0, 0.05) is 0 Å². The van der Waals surface area contributed by atoms with Gasteiger partial charge in [-0.15, -0.1) is 0 Å². The lowest BCUT2D eigenvalue weighted by molar-refractivity contribution is -0.929. The quantitative estimate of drug-likeness (QED) is 0.307. The van der Waals surface area contributed by atoms with Crippen molar-refractivity contribution in [2.24, 2.45) is 0 Å². The molecule has 0 heterocycles. The van der Waals surface area contributed by atoms with E-state index in [0.29, 0.717) is 6.61 Å². The summed E-state index contributed by atoms with van der Waals surface area (Å²) in [5.41, 5.74) is 0. The molecule has 0 spiro atoms. The van der Waals surface area contributed by atoms with Crippen LogP contribution < -0.4 is 0 Å². The van der Waals surface area contributed by atoms with E-state index in [9.17, 15) is 4.79 Å². The second kappa shape index (κ2) is 19.2. The smallest absolute Gasteiger partial charge is 0.320 e. The van der Waals surface area contributed by atoms with Crippen molar-refractivity contribution < 1.29 is 14.0 Å². The van der Waals surface area contributed by atoms with Crippen molar-refractivity contribution in [3.05, 3.63) is 0 Å². The summed E-state index contributed by atoms with van der Waals surface area (Å²) in [7, 11) is 0. The maximum absolute atomic E-state index is 10.2. The number of carbonyl (C=O) groups is 1. The molecule has 0 saturated heterocycles. The Kier molecular flexibility index (Phi) is 20.1. The molecular weight excluding hydrogens is 312 g/mol. The molecule has 0 aliphatic rings. The molecule has 0 fully saturated rings. The van der Waals surface area contributed by atoms with Crippen LogP contribution in [0.1, 0.15) is 92.4 Å². The van der Waals surface area contributed by atoms with Gasteiger partial charge in [-0.2, -0.15) is 5.26 Å². The topological polar surface area (TPSA) is 50.1 Å². The van der Waals surface area contributed by atoms with E-state index in [2.05, 4.69) is 32.4 Å². The molecule has 0 saturated carbocycles. The molecule has 148 valence electrons. The molecule has 0 rings (SSSR count). The van der Waals surface area contributed by atoms with E-state index in [1.807, 2.05) is 0 Å². The molecule has 0 amide bonds. The van der Waals surface area contributed by atoms with Crippen LogP contribution in [0.2, 0.25) is 0 Å². The molecule has 0 atom stereocenters. The zero-order valence-electron chi connectivity index (χ0n) is 17.6. The molecule has 0 radical (unpaired) electrons. The molecule has 0 aromatic rings. The molecule has 4 heteroatoms. The van der Waals surface area contributed by atoms with Gasteiger partial charge in [-0.1, -0.05) is 53.4 Å². The minimum Gasteiger partial charge on any atom is -0.465 e. The fourth-order valence-corrected chi connectivity index (χ4v) is 2.92. The van der Waals surface area contributed by atoms with Crippen LogP contribution in [0, 0.1) is 11.3 Å². The number of carbonyl (C=O) groups excluding carboxylic acids is 1. The van der Waals surface area contributed by atoms with Crippen molar-refractivity contribution >= 4 is 5.97 Å². The highest BCUT2D eigenvalue weighted by Gasteiger charge is 2.24. The zero-order chi connectivity index (χ0) is 19.4. The maximum Gasteiger partial charge on any atom is 0.320 e. The van der Waals surface area contributed by atoms with Crippen LogP contribution in [0.15, 0.2) is 0 Å². The molecule has 0 aromatic heterocycles. The van der Waals surface area contributed by atoms with Crippen molar-refractivity contribution in [2.45, 2.75) is 92.4 Å². The highest BCUT2D eigenvalue weighted by Crippen LogP contribution is 2.16. The number of hydrogen-bond donors (Lipinski definition) is 0. The first-order valence-electron chi connectivity index (χ1n) is 10.4. The SMILES string of the molecule is CCCC[N+](CCCC)(CCCC)CCCC.CCOC(=O)CC#N. The molecule has 0 aliphatic heterocycles. The van der Waals surface area contributed by atoms with Gasteiger partial charge in [0.05, 0.1) is 38.9 Å². The monoisotopic (exact) mass is 355 g/mol. The summed E-state index contributed by atoms with van der Waals surface area (Å²) in [6, 6.07) is 1.68. The number of nitriles is 1. The van der Waals surface area contributed by atoms with Crippen molar-refractivity contribution in [3.8, 4) is 6.07 Å². The minimum absolute atomic E-state index is 0.145. The lowest BCUT2D eigenvalue weighted by Crippen LogP contribution is -2.50. The fourth-order valence-electron chi connectivity index (χ4n) is 2.92. The zero-order valence-corrected chi connectivity index (χ0v) is 17.6. The van der Waals surface area contributed by atoms with E-state index >= 15 is 0 Å². The maximum atomic E-state index is 10.2. The Balaban J connectivity index is 0. The average Bonchev–Trinajstić information content (AvgIpc) is 2.61. The van der Waals surface area contributed by atoms with Gasteiger partial charge < -0.3 is 9.22 Å². The van der Waals surface area contributed by atoms with E-state index in [1.165, 1.54) is 82.0 Å². The number of unbranched alkanes of at least 4 members (excludes halogenated alkanes) is 4. The van der Waals surface area contributed by atoms with Crippen molar-refractivity contribution in [3.63, 3.8) is 0 Å². The van der Waals surface area contributed by atoms with Gasteiger partial charge in [-0.3, -0.25) is 4.79 Å². The van der Waals surface area contributed by atoms with Crippen LogP contribution in [0.5, 0.6) is 0 Å². The highest BCUT2D eigenvalue weighted by atomic mass is 16.5. The number of ether oxygens (including phenoxy) is 1. The van der Waals surface area contributed by atoms with Gasteiger partial charge in [0.15, 0.2) is 0 Å². The van der Waals surface area contributed by atoms with Crippen molar-refractivity contribution in [1.82, 2.24) is 0 Å². The summed E-state index contributed by atoms with van der Waals surface area (Å²) >= 11 is 0. The first-order valence-corrected chi connectivity index (χ1v) is 10.4. The van der Waals surface area contributed by atoms with Crippen molar-refractivity contribution in [1.29, 1.82) is 5.26 Å². The molecular formula is C21H43N2O2+. The number of nitrogens with zero attached hydrogens (tertiary/aromatic N) is 2. The van der Waals surface area contributed by atoms with E-state index < -0.39 is 5.97 Å². The first-order chi connectivity index (χ1) is 12.1. The molecule has 0 aliphatic carbocycles. The van der Waals surface area contributed by atoms with E-state index in [1.54, 1.807) is 13.0 Å². The largest absolute Gasteiger partial charge is 0.465 e. The predicted octanol–water partition coefficient (Wildman–Crippen LogP) is 5.47. The third kappa shape index (κ3) is 16.2. The lowest BCUT2D eigenvalue weighted by Gasteiger charge is -2.39. The second-order valence-electron chi connectivity index (χ2n) is 6.79. The van der Waals surface area contributed by atoms with Crippen LogP contribution in [-0.4, -0.2) is 43.2 Å². The number of rotatable bonds is 14. The summed E-state index contributed by atoms with van der Waals surface area (Å²) in [5.74, 6) is -0.449. The normalized spacial score (nSPS) is 10.6. The number of esters is 1. The third-order valence-corrected chi connectivity index (χ3v) is 4.47. The Morgan fingerprint density at radius 1 is 0.800 bits per heavy atom. The Bertz CT molecular complexity index is 300. The summed E-state index contributed by atoms with van der Waals surface area (Å²) in [6.45, 7) is 17.1. The molecule has 0 N–H and O–H groups in total. The molecule has 4 nitrogen and oxygen atoms in total. The van der Waals surface area contributed by atoms with E-state index in [-0.39, 0.29) is 6.42 Å². The number of hydrogen-bond acceptors (Lipinski definition) is 3. The predicted molar refractivity (Wildman–Crippen MR) is 106 cm³/mol. The lowest BCUT2D eigenvalue weighted by atomic mass is 10.1. The standard InChI is InChI=1S/C16H36N.C5H7NO2/c1-5-9-13-17(14-10-6-2,15-11-7-3)16-12-8-4;1-2-8-5(7)3-4-6/h5-16H2,1-4H3;2-3H2,1H3/q+1;. The highest BCUT2D eigenvalue weighted by molar-refractivity contribution is 5.71. The minimum atomic E-state index is -0.449. The summed E-state index contributed by atoms with van der Waals surface area (Å²) < 4.78 is 5.84. The Morgan fingerprint density at radius 3 is 1.40 bits per heavy atom. The molecule has 25 heavy (non-hydrogen) atoms. The van der Waals surface area contributed by atoms with Crippen LogP contribution in [0.4, 0.5) is 0 Å². The Morgan fingerprint density at radius 2 is 1.16 bits per heavy atom. The molecule has 0 unspecified atom stereocenters. The summed E-state index contributed by atoms with van der Waals surface area (Å²) in [4.78, 5) is 10.2. The van der Waals surface area contributed by atoms with Crippen LogP contribution in [0.3, 0.4) is 0 Å². The van der Waals surface area contributed by atoms with Crippen molar-refractivity contribution in [2.75, 3.05) is 32.8 Å². The van der Waals surface area contributed by atoms with Gasteiger partial charge in [0.1, 0.15) is 6.42 Å². The average molecular weight is 356 g/mol. The molecule has 0 bridgehead atoms. The van der Waals surface area contributed by atoms with Gasteiger partial charge in [-0.05, 0) is 32.6 Å².